The molecule has 2 aromatic heterocycles. The van der Waals surface area contributed by atoms with E-state index < -0.39 is 0 Å². The number of aromatic nitrogens is 4. The van der Waals surface area contributed by atoms with Gasteiger partial charge in [-0.15, -0.1) is 5.10 Å². The fourth-order valence-electron chi connectivity index (χ4n) is 1.19. The van der Waals surface area contributed by atoms with Crippen LogP contribution in [0.3, 0.4) is 0 Å². The maximum atomic E-state index is 5.14. The third-order valence-electron chi connectivity index (χ3n) is 1.92. The zero-order valence-corrected chi connectivity index (χ0v) is 6.21. The molecule has 0 saturated carbocycles. The van der Waals surface area contributed by atoms with Crippen molar-refractivity contribution in [3.05, 3.63) is 23.9 Å². The summed E-state index contributed by atoms with van der Waals surface area (Å²) < 4.78 is 6.79. The molecule has 5 heteroatoms. The summed E-state index contributed by atoms with van der Waals surface area (Å²) in [6.07, 6.45) is 2.16. The van der Waals surface area contributed by atoms with Gasteiger partial charge in [-0.1, -0.05) is 6.07 Å². The van der Waals surface area contributed by atoms with Crippen molar-refractivity contribution in [1.29, 1.82) is 0 Å². The van der Waals surface area contributed by atoms with Gasteiger partial charge in [0.15, 0.2) is 5.65 Å². The van der Waals surface area contributed by atoms with Crippen LogP contribution in [0.4, 0.5) is 0 Å². The third-order valence-corrected chi connectivity index (χ3v) is 1.92. The van der Waals surface area contributed by atoms with Crippen molar-refractivity contribution >= 4 is 5.65 Å². The lowest BCUT2D eigenvalue weighted by molar-refractivity contribution is 0.415. The van der Waals surface area contributed by atoms with E-state index in [1.165, 1.54) is 0 Å². The SMILES string of the molecule is c1cc2nnnn2cc1C1CO1. The number of pyridine rings is 1. The topological polar surface area (TPSA) is 55.6 Å². The van der Waals surface area contributed by atoms with Gasteiger partial charge in [0.05, 0.1) is 6.61 Å². The Bertz CT molecular complexity index is 420. The van der Waals surface area contributed by atoms with Gasteiger partial charge in [0.25, 0.3) is 0 Å². The van der Waals surface area contributed by atoms with Gasteiger partial charge in [-0.2, -0.15) is 0 Å². The number of hydrogen-bond acceptors (Lipinski definition) is 4. The molecule has 12 heavy (non-hydrogen) atoms. The van der Waals surface area contributed by atoms with Crippen LogP contribution >= 0.6 is 0 Å². The number of rotatable bonds is 1. The van der Waals surface area contributed by atoms with Crippen molar-refractivity contribution in [2.24, 2.45) is 0 Å². The quantitative estimate of drug-likeness (QED) is 0.562. The molecule has 1 atom stereocenters. The fourth-order valence-corrected chi connectivity index (χ4v) is 1.19. The van der Waals surface area contributed by atoms with E-state index in [9.17, 15) is 0 Å². The first kappa shape index (κ1) is 6.07. The van der Waals surface area contributed by atoms with Crippen molar-refractivity contribution in [1.82, 2.24) is 20.0 Å². The Balaban J connectivity index is 2.21. The number of fused-ring (bicyclic) bond motifs is 1. The van der Waals surface area contributed by atoms with E-state index in [2.05, 4.69) is 15.5 Å². The van der Waals surface area contributed by atoms with Gasteiger partial charge in [0.1, 0.15) is 6.10 Å². The van der Waals surface area contributed by atoms with Crippen molar-refractivity contribution < 1.29 is 4.74 Å². The van der Waals surface area contributed by atoms with Crippen LogP contribution in [0.2, 0.25) is 0 Å². The van der Waals surface area contributed by atoms with E-state index in [0.717, 1.165) is 17.8 Å². The van der Waals surface area contributed by atoms with E-state index in [1.807, 2.05) is 18.3 Å². The van der Waals surface area contributed by atoms with E-state index in [1.54, 1.807) is 4.52 Å². The molecule has 60 valence electrons. The highest BCUT2D eigenvalue weighted by Gasteiger charge is 2.25. The van der Waals surface area contributed by atoms with Crippen LogP contribution in [0.5, 0.6) is 0 Å². The zero-order chi connectivity index (χ0) is 7.97. The molecule has 2 aromatic rings. The van der Waals surface area contributed by atoms with Gasteiger partial charge in [0.2, 0.25) is 0 Å². The number of hydrogen-bond donors (Lipinski definition) is 0. The molecule has 0 aliphatic carbocycles. The average molecular weight is 162 g/mol. The van der Waals surface area contributed by atoms with Crippen molar-refractivity contribution in [2.45, 2.75) is 6.10 Å². The lowest BCUT2D eigenvalue weighted by Gasteiger charge is -1.93. The lowest BCUT2D eigenvalue weighted by atomic mass is 10.2. The van der Waals surface area contributed by atoms with Crippen molar-refractivity contribution in [2.75, 3.05) is 6.61 Å². The third kappa shape index (κ3) is 0.799. The molecule has 1 aliphatic heterocycles. The summed E-state index contributed by atoms with van der Waals surface area (Å²) in [5.74, 6) is 0. The Hall–Kier alpha value is -1.49. The summed E-state index contributed by atoms with van der Waals surface area (Å²) in [5, 5.41) is 11.1. The highest BCUT2D eigenvalue weighted by Crippen LogP contribution is 2.29. The first-order valence-corrected chi connectivity index (χ1v) is 3.73. The molecule has 1 unspecified atom stereocenters. The van der Waals surface area contributed by atoms with E-state index in [-0.39, 0.29) is 6.10 Å². The summed E-state index contributed by atoms with van der Waals surface area (Å²) in [4.78, 5) is 0. The zero-order valence-electron chi connectivity index (χ0n) is 6.21. The van der Waals surface area contributed by atoms with Crippen LogP contribution in [0.25, 0.3) is 5.65 Å². The summed E-state index contributed by atoms with van der Waals surface area (Å²) in [5.41, 5.74) is 1.90. The Kier molecular flexibility index (Phi) is 1.02. The maximum Gasteiger partial charge on any atom is 0.179 e. The second-order valence-electron chi connectivity index (χ2n) is 2.77. The molecule has 3 heterocycles. The van der Waals surface area contributed by atoms with Crippen molar-refractivity contribution in [3.63, 3.8) is 0 Å². The van der Waals surface area contributed by atoms with Crippen LogP contribution in [0.1, 0.15) is 11.7 Å². The molecule has 0 bridgehead atoms. The molecule has 0 spiro atoms. The second kappa shape index (κ2) is 2.01. The van der Waals surface area contributed by atoms with Crippen LogP contribution in [-0.4, -0.2) is 26.6 Å². The number of ether oxygens (including phenoxy) is 1. The average Bonchev–Trinajstić information content (AvgIpc) is 2.84. The van der Waals surface area contributed by atoms with Crippen LogP contribution < -0.4 is 0 Å². The summed E-state index contributed by atoms with van der Waals surface area (Å²) >= 11 is 0. The van der Waals surface area contributed by atoms with E-state index in [4.69, 9.17) is 4.74 Å². The monoisotopic (exact) mass is 162 g/mol. The number of tetrazole rings is 1. The molecular formula is C7H6N4O. The van der Waals surface area contributed by atoms with Gasteiger partial charge in [-0.25, -0.2) is 4.52 Å². The van der Waals surface area contributed by atoms with Crippen LogP contribution in [-0.2, 0) is 4.74 Å². The molecule has 3 rings (SSSR count). The number of epoxide rings is 1. The summed E-state index contributed by atoms with van der Waals surface area (Å²) in [7, 11) is 0. The molecule has 1 fully saturated rings. The van der Waals surface area contributed by atoms with Gasteiger partial charge in [-0.05, 0) is 16.5 Å². The molecule has 0 aromatic carbocycles. The maximum absolute atomic E-state index is 5.14. The van der Waals surface area contributed by atoms with Gasteiger partial charge in [0, 0.05) is 11.8 Å². The minimum absolute atomic E-state index is 0.263. The lowest BCUT2D eigenvalue weighted by Crippen LogP contribution is -1.90. The molecule has 0 radical (unpaired) electrons. The smallest absolute Gasteiger partial charge is 0.179 e. The first-order valence-electron chi connectivity index (χ1n) is 3.73. The van der Waals surface area contributed by atoms with E-state index in [0.29, 0.717) is 0 Å². The predicted octanol–water partition coefficient (Wildman–Crippen LogP) is 0.196. The van der Waals surface area contributed by atoms with Gasteiger partial charge < -0.3 is 4.74 Å². The Labute approximate surface area is 68.0 Å². The summed E-state index contributed by atoms with van der Waals surface area (Å²) in [6.45, 7) is 0.813. The Morgan fingerprint density at radius 2 is 2.42 bits per heavy atom. The predicted molar refractivity (Wildman–Crippen MR) is 39.5 cm³/mol. The minimum Gasteiger partial charge on any atom is -0.368 e. The molecule has 1 saturated heterocycles. The largest absolute Gasteiger partial charge is 0.368 e. The Morgan fingerprint density at radius 3 is 3.25 bits per heavy atom. The fraction of sp³-hybridized carbons (Fsp3) is 0.286. The minimum atomic E-state index is 0.263. The molecule has 0 N–H and O–H groups in total. The molecule has 1 aliphatic rings. The van der Waals surface area contributed by atoms with Crippen LogP contribution in [0.15, 0.2) is 18.3 Å². The van der Waals surface area contributed by atoms with Gasteiger partial charge >= 0.3 is 0 Å². The molecule has 5 nitrogen and oxygen atoms in total. The van der Waals surface area contributed by atoms with E-state index >= 15 is 0 Å². The van der Waals surface area contributed by atoms with Gasteiger partial charge in [-0.3, -0.25) is 0 Å². The normalized spacial score (nSPS) is 21.5. The highest BCUT2D eigenvalue weighted by molar-refractivity contribution is 5.37. The second-order valence-corrected chi connectivity index (χ2v) is 2.77. The number of nitrogens with zero attached hydrogens (tertiary/aromatic N) is 4. The highest BCUT2D eigenvalue weighted by atomic mass is 16.6. The summed E-state index contributed by atoms with van der Waals surface area (Å²) in [6, 6.07) is 3.88. The molecular weight excluding hydrogens is 156 g/mol. The standard InChI is InChI=1S/C7H6N4O/c1-2-7-8-9-10-11(7)3-5(1)6-4-12-6/h1-3,6H,4H2. The van der Waals surface area contributed by atoms with Crippen molar-refractivity contribution in [3.8, 4) is 0 Å². The first-order chi connectivity index (χ1) is 5.93. The molecule has 0 amide bonds. The van der Waals surface area contributed by atoms with Crippen LogP contribution in [0, 0.1) is 0 Å². The Morgan fingerprint density at radius 1 is 1.50 bits per heavy atom.